The van der Waals surface area contributed by atoms with Crippen molar-refractivity contribution in [2.75, 3.05) is 44.9 Å². The second-order valence-electron chi connectivity index (χ2n) is 11.8. The number of anilines is 1. The second-order valence-corrected chi connectivity index (χ2v) is 11.8. The standard InChI is InChI=1S/C33H36F2N6O4/c1-43-25-11-6-21-12-13-40(20-23(21)18-25)32(42)22-7-9-24(10-8-22)45-29-19-28(37-33(38-29)39-14-16-44-17-15-39)41-27-5-3-2-4-26(27)36-31(41)30(34)35/h2-6,11,18-19,22,24,30H,7-10,12-17,20H2,1H3/t22-,24-. The van der Waals surface area contributed by atoms with Crippen LogP contribution in [0.25, 0.3) is 16.9 Å². The summed E-state index contributed by atoms with van der Waals surface area (Å²) in [5.41, 5.74) is 3.40. The van der Waals surface area contributed by atoms with E-state index in [2.05, 4.69) is 11.1 Å². The lowest BCUT2D eigenvalue weighted by Crippen LogP contribution is -2.41. The van der Waals surface area contributed by atoms with Crippen LogP contribution in [0.5, 0.6) is 11.6 Å². The Bertz CT molecular complexity index is 1680. The maximum Gasteiger partial charge on any atom is 0.296 e. The molecule has 0 spiro atoms. The van der Waals surface area contributed by atoms with Crippen LogP contribution in [0.1, 0.15) is 49.1 Å². The largest absolute Gasteiger partial charge is 0.497 e. The summed E-state index contributed by atoms with van der Waals surface area (Å²) in [6, 6.07) is 14.7. The Morgan fingerprint density at radius 1 is 0.956 bits per heavy atom. The summed E-state index contributed by atoms with van der Waals surface area (Å²) in [4.78, 5) is 31.1. The zero-order valence-electron chi connectivity index (χ0n) is 25.2. The van der Waals surface area contributed by atoms with Gasteiger partial charge in [0.1, 0.15) is 17.7 Å². The van der Waals surface area contributed by atoms with Gasteiger partial charge < -0.3 is 24.0 Å². The molecule has 2 aromatic heterocycles. The molecule has 4 heterocycles. The number of morpholine rings is 1. The number of amides is 1. The van der Waals surface area contributed by atoms with Crippen LogP contribution in [0.15, 0.2) is 48.5 Å². The van der Waals surface area contributed by atoms with E-state index in [0.29, 0.717) is 87.9 Å². The Morgan fingerprint density at radius 3 is 2.53 bits per heavy atom. The maximum absolute atomic E-state index is 14.2. The zero-order chi connectivity index (χ0) is 30.9. The zero-order valence-corrected chi connectivity index (χ0v) is 25.2. The van der Waals surface area contributed by atoms with E-state index in [4.69, 9.17) is 24.2 Å². The van der Waals surface area contributed by atoms with Crippen LogP contribution >= 0.6 is 0 Å². The van der Waals surface area contributed by atoms with Crippen LogP contribution < -0.4 is 14.4 Å². The van der Waals surface area contributed by atoms with Crippen molar-refractivity contribution >= 4 is 22.9 Å². The Morgan fingerprint density at radius 2 is 1.76 bits per heavy atom. The van der Waals surface area contributed by atoms with Gasteiger partial charge in [0.25, 0.3) is 6.43 Å². The molecule has 0 N–H and O–H groups in total. The van der Waals surface area contributed by atoms with E-state index in [0.717, 1.165) is 17.7 Å². The molecule has 1 saturated heterocycles. The molecule has 45 heavy (non-hydrogen) atoms. The first-order valence-corrected chi connectivity index (χ1v) is 15.6. The molecule has 0 atom stereocenters. The van der Waals surface area contributed by atoms with Gasteiger partial charge >= 0.3 is 0 Å². The lowest BCUT2D eigenvalue weighted by molar-refractivity contribution is -0.138. The third-order valence-corrected chi connectivity index (χ3v) is 9.03. The van der Waals surface area contributed by atoms with Gasteiger partial charge in [0, 0.05) is 38.2 Å². The number of halogens is 2. The van der Waals surface area contributed by atoms with E-state index in [9.17, 15) is 13.6 Å². The molecule has 7 rings (SSSR count). The fraction of sp³-hybridized carbons (Fsp3) is 0.455. The minimum Gasteiger partial charge on any atom is -0.497 e. The molecule has 1 saturated carbocycles. The average Bonchev–Trinajstić information content (AvgIpc) is 3.48. The van der Waals surface area contributed by atoms with Crippen LogP contribution in [0, 0.1) is 5.92 Å². The predicted molar refractivity (Wildman–Crippen MR) is 163 cm³/mol. The highest BCUT2D eigenvalue weighted by atomic mass is 19.3. The summed E-state index contributed by atoms with van der Waals surface area (Å²) < 4.78 is 47.1. The number of aromatic nitrogens is 4. The lowest BCUT2D eigenvalue weighted by Gasteiger charge is -2.35. The summed E-state index contributed by atoms with van der Waals surface area (Å²) in [5, 5.41) is 0. The van der Waals surface area contributed by atoms with Gasteiger partial charge in [-0.15, -0.1) is 0 Å². The van der Waals surface area contributed by atoms with Gasteiger partial charge in [-0.1, -0.05) is 18.2 Å². The van der Waals surface area contributed by atoms with Crippen molar-refractivity contribution in [2.24, 2.45) is 5.92 Å². The van der Waals surface area contributed by atoms with E-state index < -0.39 is 6.43 Å². The van der Waals surface area contributed by atoms with E-state index in [1.807, 2.05) is 21.9 Å². The van der Waals surface area contributed by atoms with Crippen molar-refractivity contribution < 1.29 is 27.8 Å². The fourth-order valence-corrected chi connectivity index (χ4v) is 6.62. The van der Waals surface area contributed by atoms with E-state index in [1.165, 1.54) is 10.1 Å². The van der Waals surface area contributed by atoms with E-state index in [1.54, 1.807) is 37.4 Å². The van der Waals surface area contributed by atoms with Crippen LogP contribution in [-0.2, 0) is 22.5 Å². The predicted octanol–water partition coefficient (Wildman–Crippen LogP) is 5.12. The number of nitrogens with zero attached hydrogens (tertiary/aromatic N) is 6. The summed E-state index contributed by atoms with van der Waals surface area (Å²) in [5.74, 6) is 1.53. The third kappa shape index (κ3) is 6.03. The Balaban J connectivity index is 1.09. The summed E-state index contributed by atoms with van der Waals surface area (Å²) in [6.07, 6.45) is 0.683. The number of fused-ring (bicyclic) bond motifs is 2. The topological polar surface area (TPSA) is 94.8 Å². The number of rotatable bonds is 7. The number of alkyl halides is 2. The van der Waals surface area contributed by atoms with Crippen LogP contribution in [0.3, 0.4) is 0 Å². The molecular weight excluding hydrogens is 582 g/mol. The number of carbonyl (C=O) groups excluding carboxylic acids is 1. The Kier molecular flexibility index (Phi) is 8.22. The number of methoxy groups -OCH3 is 1. The Hall–Kier alpha value is -4.32. The van der Waals surface area contributed by atoms with Crippen molar-refractivity contribution in [3.63, 3.8) is 0 Å². The van der Waals surface area contributed by atoms with E-state index >= 15 is 0 Å². The van der Waals surface area contributed by atoms with Crippen LogP contribution in [0.2, 0.25) is 0 Å². The molecule has 236 valence electrons. The summed E-state index contributed by atoms with van der Waals surface area (Å²) >= 11 is 0. The van der Waals surface area contributed by atoms with Gasteiger partial charge in [-0.25, -0.2) is 13.8 Å². The molecule has 10 nitrogen and oxygen atoms in total. The maximum atomic E-state index is 14.2. The number of carbonyl (C=O) groups is 1. The molecule has 3 aliphatic rings. The van der Waals surface area contributed by atoms with Crippen molar-refractivity contribution in [2.45, 2.75) is 51.2 Å². The first-order chi connectivity index (χ1) is 22.0. The average molecular weight is 619 g/mol. The minimum absolute atomic E-state index is 0.0622. The number of ether oxygens (including phenoxy) is 3. The molecule has 2 aliphatic heterocycles. The molecule has 0 bridgehead atoms. The molecular formula is C33H36F2N6O4. The highest BCUT2D eigenvalue weighted by Crippen LogP contribution is 2.33. The van der Waals surface area contributed by atoms with Crippen molar-refractivity contribution in [1.82, 2.24) is 24.4 Å². The second kappa shape index (κ2) is 12.6. The quantitative estimate of drug-likeness (QED) is 0.282. The third-order valence-electron chi connectivity index (χ3n) is 9.03. The van der Waals surface area contributed by atoms with Gasteiger partial charge in [0.15, 0.2) is 5.82 Å². The first-order valence-electron chi connectivity index (χ1n) is 15.6. The smallest absolute Gasteiger partial charge is 0.296 e. The molecule has 0 unspecified atom stereocenters. The molecule has 2 fully saturated rings. The van der Waals surface area contributed by atoms with Gasteiger partial charge in [0.2, 0.25) is 17.7 Å². The molecule has 1 amide bonds. The molecule has 0 radical (unpaired) electrons. The fourth-order valence-electron chi connectivity index (χ4n) is 6.62. The summed E-state index contributed by atoms with van der Waals surface area (Å²) in [7, 11) is 1.65. The van der Waals surface area contributed by atoms with Crippen molar-refractivity contribution in [3.8, 4) is 17.4 Å². The number of imidazole rings is 1. The molecule has 12 heteroatoms. The SMILES string of the molecule is COc1ccc2c(c1)CN(C(=O)[C@H]1CC[C@H](Oc3cc(-n4c(C(F)F)nc5ccccc54)nc(N4CCOCC4)n3)CC1)CC2. The molecule has 1 aliphatic carbocycles. The molecule has 4 aromatic rings. The lowest BCUT2D eigenvalue weighted by atomic mass is 9.85. The first kappa shape index (κ1) is 29.4. The van der Waals surface area contributed by atoms with Gasteiger partial charge in [0.05, 0.1) is 31.4 Å². The number of hydrogen-bond donors (Lipinski definition) is 0. The monoisotopic (exact) mass is 618 g/mol. The number of para-hydroxylation sites is 2. The van der Waals surface area contributed by atoms with Crippen LogP contribution in [-0.4, -0.2) is 76.4 Å². The van der Waals surface area contributed by atoms with Crippen molar-refractivity contribution in [3.05, 3.63) is 65.5 Å². The minimum atomic E-state index is -2.80. The number of hydrogen-bond acceptors (Lipinski definition) is 8. The molecule has 2 aromatic carbocycles. The Labute approximate surface area is 259 Å². The van der Waals surface area contributed by atoms with Gasteiger partial charge in [-0.2, -0.15) is 9.97 Å². The van der Waals surface area contributed by atoms with Crippen molar-refractivity contribution in [1.29, 1.82) is 0 Å². The highest BCUT2D eigenvalue weighted by molar-refractivity contribution is 5.79. The number of benzene rings is 2. The normalized spacial score (nSPS) is 20.4. The van der Waals surface area contributed by atoms with Crippen LogP contribution in [0.4, 0.5) is 14.7 Å². The highest BCUT2D eigenvalue weighted by Gasteiger charge is 2.32. The van der Waals surface area contributed by atoms with Gasteiger partial charge in [-0.3, -0.25) is 9.36 Å². The van der Waals surface area contributed by atoms with Gasteiger partial charge in [-0.05, 0) is 67.5 Å². The summed E-state index contributed by atoms with van der Waals surface area (Å²) in [6.45, 7) is 3.51. The van der Waals surface area contributed by atoms with E-state index in [-0.39, 0.29) is 29.6 Å².